The Balaban J connectivity index is 2.49. The molecule has 21 heavy (non-hydrogen) atoms. The third-order valence-electron chi connectivity index (χ3n) is 3.84. The summed E-state index contributed by atoms with van der Waals surface area (Å²) in [5.74, 6) is -0.168. The molecule has 0 saturated heterocycles. The normalized spacial score (nSPS) is 13.5. The molecule has 4 nitrogen and oxygen atoms in total. The molecule has 0 heterocycles. The monoisotopic (exact) mass is 291 g/mol. The molecule has 4 heteroatoms. The van der Waals surface area contributed by atoms with Crippen molar-refractivity contribution in [3.05, 3.63) is 35.4 Å². The number of aryl methyl sites for hydroxylation is 1. The topological polar surface area (TPSA) is 66.4 Å². The molecular weight excluding hydrogens is 266 g/mol. The fourth-order valence-electron chi connectivity index (χ4n) is 2.08. The van der Waals surface area contributed by atoms with Crippen LogP contribution in [0.1, 0.15) is 55.5 Å². The second-order valence-corrected chi connectivity index (χ2v) is 5.73. The smallest absolute Gasteiger partial charge is 0.220 e. The molecule has 1 aromatic rings. The van der Waals surface area contributed by atoms with Crippen molar-refractivity contribution in [3.63, 3.8) is 0 Å². The van der Waals surface area contributed by atoms with Crippen molar-refractivity contribution in [2.75, 3.05) is 6.61 Å². The van der Waals surface area contributed by atoms with E-state index in [2.05, 4.69) is 5.32 Å². The first-order valence-corrected chi connectivity index (χ1v) is 7.42. The summed E-state index contributed by atoms with van der Waals surface area (Å²) in [4.78, 5) is 23.9. The van der Waals surface area contributed by atoms with Crippen LogP contribution in [0.25, 0.3) is 0 Å². The molecule has 0 aliphatic heterocycles. The SMILES string of the molecule is CCC(C)(CCO)NC(=O)CCC(=O)c1ccc(C)cc1. The molecule has 116 valence electrons. The quantitative estimate of drug-likeness (QED) is 0.724. The third-order valence-corrected chi connectivity index (χ3v) is 3.84. The zero-order valence-corrected chi connectivity index (χ0v) is 13.1. The van der Waals surface area contributed by atoms with Gasteiger partial charge in [0.2, 0.25) is 5.91 Å². The lowest BCUT2D eigenvalue weighted by Crippen LogP contribution is -2.46. The van der Waals surface area contributed by atoms with E-state index < -0.39 is 5.54 Å². The van der Waals surface area contributed by atoms with Gasteiger partial charge in [0.1, 0.15) is 0 Å². The minimum atomic E-state index is -0.404. The molecule has 0 aliphatic rings. The van der Waals surface area contributed by atoms with Crippen LogP contribution in [0.3, 0.4) is 0 Å². The minimum absolute atomic E-state index is 0.0227. The molecule has 0 radical (unpaired) electrons. The average Bonchev–Trinajstić information content (AvgIpc) is 2.45. The van der Waals surface area contributed by atoms with Gasteiger partial charge in [-0.2, -0.15) is 0 Å². The summed E-state index contributed by atoms with van der Waals surface area (Å²) >= 11 is 0. The van der Waals surface area contributed by atoms with Gasteiger partial charge < -0.3 is 10.4 Å². The summed E-state index contributed by atoms with van der Waals surface area (Å²) in [7, 11) is 0. The van der Waals surface area contributed by atoms with E-state index in [-0.39, 0.29) is 31.1 Å². The standard InChI is InChI=1S/C17H25NO3/c1-4-17(3,11-12-19)18-16(21)10-9-15(20)14-7-5-13(2)6-8-14/h5-8,19H,4,9-12H2,1-3H3,(H,18,21). The van der Waals surface area contributed by atoms with Gasteiger partial charge in [0.05, 0.1) is 0 Å². The highest BCUT2D eigenvalue weighted by atomic mass is 16.3. The van der Waals surface area contributed by atoms with Gasteiger partial charge in [-0.05, 0) is 26.7 Å². The number of Topliss-reactive ketones (excluding diaryl/α,β-unsaturated/α-hetero) is 1. The van der Waals surface area contributed by atoms with Gasteiger partial charge in [-0.15, -0.1) is 0 Å². The van der Waals surface area contributed by atoms with Crippen molar-refractivity contribution in [2.24, 2.45) is 0 Å². The number of nitrogens with one attached hydrogen (secondary N) is 1. The van der Waals surface area contributed by atoms with Crippen molar-refractivity contribution < 1.29 is 14.7 Å². The Kier molecular flexibility index (Phi) is 6.56. The van der Waals surface area contributed by atoms with Crippen LogP contribution < -0.4 is 5.32 Å². The van der Waals surface area contributed by atoms with E-state index in [1.165, 1.54) is 0 Å². The van der Waals surface area contributed by atoms with Crippen LogP contribution in [0.2, 0.25) is 0 Å². The molecule has 2 N–H and O–H groups in total. The summed E-state index contributed by atoms with van der Waals surface area (Å²) in [5, 5.41) is 11.9. The second-order valence-electron chi connectivity index (χ2n) is 5.73. The van der Waals surface area contributed by atoms with Crippen LogP contribution in [0.15, 0.2) is 24.3 Å². The number of hydrogen-bond acceptors (Lipinski definition) is 3. The predicted molar refractivity (Wildman–Crippen MR) is 83.3 cm³/mol. The first-order valence-electron chi connectivity index (χ1n) is 7.42. The Hall–Kier alpha value is -1.68. The number of benzene rings is 1. The molecule has 1 amide bonds. The predicted octanol–water partition coefficient (Wildman–Crippen LogP) is 2.63. The third kappa shape index (κ3) is 5.68. The number of aliphatic hydroxyl groups excluding tert-OH is 1. The highest BCUT2D eigenvalue weighted by molar-refractivity contribution is 5.98. The maximum Gasteiger partial charge on any atom is 0.220 e. The van der Waals surface area contributed by atoms with Crippen LogP contribution in [-0.2, 0) is 4.79 Å². The van der Waals surface area contributed by atoms with E-state index in [9.17, 15) is 9.59 Å². The average molecular weight is 291 g/mol. The van der Waals surface area contributed by atoms with Gasteiger partial charge in [0.25, 0.3) is 0 Å². The zero-order chi connectivity index (χ0) is 15.9. The van der Waals surface area contributed by atoms with Crippen molar-refractivity contribution in [2.45, 2.75) is 52.0 Å². The van der Waals surface area contributed by atoms with Gasteiger partial charge in [0.15, 0.2) is 5.78 Å². The first-order chi connectivity index (χ1) is 9.90. The lowest BCUT2D eigenvalue weighted by Gasteiger charge is -2.29. The van der Waals surface area contributed by atoms with Crippen LogP contribution >= 0.6 is 0 Å². The van der Waals surface area contributed by atoms with E-state index in [1.807, 2.05) is 32.9 Å². The van der Waals surface area contributed by atoms with Crippen molar-refractivity contribution in [3.8, 4) is 0 Å². The van der Waals surface area contributed by atoms with Gasteiger partial charge >= 0.3 is 0 Å². The molecule has 0 saturated carbocycles. The molecule has 0 bridgehead atoms. The Labute approximate surface area is 126 Å². The molecule has 1 unspecified atom stereocenters. The number of amides is 1. The fourth-order valence-corrected chi connectivity index (χ4v) is 2.08. The van der Waals surface area contributed by atoms with E-state index >= 15 is 0 Å². The lowest BCUT2D eigenvalue weighted by molar-refractivity contribution is -0.123. The molecule has 1 aromatic carbocycles. The van der Waals surface area contributed by atoms with Gasteiger partial charge in [0, 0.05) is 30.6 Å². The van der Waals surface area contributed by atoms with Crippen molar-refractivity contribution in [1.82, 2.24) is 5.32 Å². The highest BCUT2D eigenvalue weighted by Crippen LogP contribution is 2.14. The van der Waals surface area contributed by atoms with Gasteiger partial charge in [-0.3, -0.25) is 9.59 Å². The van der Waals surface area contributed by atoms with Crippen LogP contribution in [0.4, 0.5) is 0 Å². The molecule has 1 atom stereocenters. The summed E-state index contributed by atoms with van der Waals surface area (Å²) in [6.45, 7) is 5.87. The fraction of sp³-hybridized carbons (Fsp3) is 0.529. The maximum atomic E-state index is 12.0. The summed E-state index contributed by atoms with van der Waals surface area (Å²) in [5.41, 5.74) is 1.34. The second kappa shape index (κ2) is 7.93. The summed E-state index contributed by atoms with van der Waals surface area (Å²) < 4.78 is 0. The van der Waals surface area contributed by atoms with E-state index in [0.29, 0.717) is 12.0 Å². The van der Waals surface area contributed by atoms with Crippen LogP contribution in [0.5, 0.6) is 0 Å². The number of ketones is 1. The molecule has 1 rings (SSSR count). The molecule has 0 aromatic heterocycles. The highest BCUT2D eigenvalue weighted by Gasteiger charge is 2.23. The Morgan fingerprint density at radius 3 is 2.33 bits per heavy atom. The maximum absolute atomic E-state index is 12.0. The van der Waals surface area contributed by atoms with E-state index in [4.69, 9.17) is 5.11 Å². The van der Waals surface area contributed by atoms with Crippen molar-refractivity contribution >= 4 is 11.7 Å². The van der Waals surface area contributed by atoms with Crippen molar-refractivity contribution in [1.29, 1.82) is 0 Å². The number of aliphatic hydroxyl groups is 1. The summed E-state index contributed by atoms with van der Waals surface area (Å²) in [6.07, 6.45) is 1.63. The van der Waals surface area contributed by atoms with Crippen LogP contribution in [-0.4, -0.2) is 28.9 Å². The minimum Gasteiger partial charge on any atom is -0.396 e. The first kappa shape index (κ1) is 17.4. The Bertz CT molecular complexity index is 481. The lowest BCUT2D eigenvalue weighted by atomic mass is 9.94. The molecule has 0 fully saturated rings. The summed E-state index contributed by atoms with van der Waals surface area (Å²) in [6, 6.07) is 7.36. The van der Waals surface area contributed by atoms with E-state index in [1.54, 1.807) is 12.1 Å². The molecule has 0 spiro atoms. The van der Waals surface area contributed by atoms with Gasteiger partial charge in [-0.1, -0.05) is 36.8 Å². The van der Waals surface area contributed by atoms with Crippen LogP contribution in [0, 0.1) is 6.92 Å². The molecular formula is C17H25NO3. The largest absolute Gasteiger partial charge is 0.396 e. The van der Waals surface area contributed by atoms with Gasteiger partial charge in [-0.25, -0.2) is 0 Å². The Morgan fingerprint density at radius 2 is 1.81 bits per heavy atom. The number of rotatable bonds is 8. The zero-order valence-electron chi connectivity index (χ0n) is 13.1. The number of hydrogen-bond donors (Lipinski definition) is 2. The molecule has 0 aliphatic carbocycles. The number of carbonyl (C=O) groups excluding carboxylic acids is 2. The Morgan fingerprint density at radius 1 is 1.19 bits per heavy atom. The van der Waals surface area contributed by atoms with E-state index in [0.717, 1.165) is 12.0 Å². The number of carbonyl (C=O) groups is 2.